The van der Waals surface area contributed by atoms with Gasteiger partial charge in [-0.1, -0.05) is 0 Å². The number of methoxy groups -OCH3 is 2. The highest BCUT2D eigenvalue weighted by Crippen LogP contribution is 2.33. The number of amides is 1. The largest absolute Gasteiger partial charge is 0.493 e. The Hall–Kier alpha value is -2.72. The van der Waals surface area contributed by atoms with Crippen LogP contribution in [0.25, 0.3) is 10.6 Å². The number of ether oxygens (including phenoxy) is 2. The molecule has 0 fully saturated rings. The summed E-state index contributed by atoms with van der Waals surface area (Å²) in [6.45, 7) is 0.485. The first-order valence-electron chi connectivity index (χ1n) is 8.55. The highest BCUT2D eigenvalue weighted by molar-refractivity contribution is 7.71. The molecule has 0 atom stereocenters. The minimum absolute atomic E-state index is 0.0825. The molecule has 0 aliphatic heterocycles. The molecule has 0 saturated carbocycles. The molecular formula is C18H21N5O3S2. The summed E-state index contributed by atoms with van der Waals surface area (Å²) >= 11 is 6.56. The summed E-state index contributed by atoms with van der Waals surface area (Å²) in [6.07, 6.45) is 0.826. The number of carbonyl (C=O) groups is 1. The van der Waals surface area contributed by atoms with Gasteiger partial charge in [0.2, 0.25) is 5.91 Å². The molecule has 0 radical (unpaired) electrons. The zero-order valence-electron chi connectivity index (χ0n) is 15.8. The molecular weight excluding hydrogens is 398 g/mol. The molecule has 28 heavy (non-hydrogen) atoms. The number of hydrogen-bond acceptors (Lipinski definition) is 7. The minimum atomic E-state index is -0.0825. The smallest absolute Gasteiger partial charge is 0.226 e. The highest BCUT2D eigenvalue weighted by Gasteiger charge is 2.12. The van der Waals surface area contributed by atoms with E-state index in [1.807, 2.05) is 30.6 Å². The maximum Gasteiger partial charge on any atom is 0.226 e. The predicted octanol–water partition coefficient (Wildman–Crippen LogP) is 2.52. The lowest BCUT2D eigenvalue weighted by Gasteiger charge is -2.08. The van der Waals surface area contributed by atoms with Crippen molar-refractivity contribution in [2.45, 2.75) is 12.8 Å². The first-order valence-corrected chi connectivity index (χ1v) is 9.84. The topological polar surface area (TPSA) is 94.1 Å². The average Bonchev–Trinajstić information content (AvgIpc) is 3.29. The van der Waals surface area contributed by atoms with Crippen LogP contribution in [0.15, 0.2) is 23.6 Å². The highest BCUT2D eigenvalue weighted by atomic mass is 32.1. The van der Waals surface area contributed by atoms with E-state index in [1.54, 1.807) is 18.8 Å². The van der Waals surface area contributed by atoms with E-state index < -0.39 is 0 Å². The van der Waals surface area contributed by atoms with Crippen molar-refractivity contribution in [3.8, 4) is 22.1 Å². The second-order valence-corrected chi connectivity index (χ2v) is 7.24. The van der Waals surface area contributed by atoms with E-state index in [0.717, 1.165) is 22.1 Å². The average molecular weight is 420 g/mol. The number of carbonyl (C=O) groups excluding carboxylic acids is 1. The van der Waals surface area contributed by atoms with Crippen LogP contribution >= 0.6 is 23.6 Å². The number of aromatic amines is 1. The molecule has 0 saturated heterocycles. The summed E-state index contributed by atoms with van der Waals surface area (Å²) in [5, 5.41) is 12.5. The van der Waals surface area contributed by atoms with Gasteiger partial charge in [0.1, 0.15) is 10.8 Å². The quantitative estimate of drug-likeness (QED) is 0.545. The number of hydrogen-bond donors (Lipinski definition) is 2. The fraction of sp³-hybridized carbons (Fsp3) is 0.333. The second-order valence-electron chi connectivity index (χ2n) is 5.99. The molecule has 0 unspecified atom stereocenters. The van der Waals surface area contributed by atoms with E-state index in [1.165, 1.54) is 11.3 Å². The monoisotopic (exact) mass is 419 g/mol. The fourth-order valence-electron chi connectivity index (χ4n) is 2.63. The second kappa shape index (κ2) is 8.98. The molecule has 2 aromatic heterocycles. The van der Waals surface area contributed by atoms with Gasteiger partial charge in [0.15, 0.2) is 16.3 Å². The lowest BCUT2D eigenvalue weighted by atomic mass is 10.2. The summed E-state index contributed by atoms with van der Waals surface area (Å²) in [5.41, 5.74) is 1.64. The van der Waals surface area contributed by atoms with Crippen molar-refractivity contribution in [2.24, 2.45) is 7.05 Å². The van der Waals surface area contributed by atoms with Crippen molar-refractivity contribution >= 4 is 29.5 Å². The minimum Gasteiger partial charge on any atom is -0.493 e. The molecule has 3 aromatic rings. The van der Waals surface area contributed by atoms with Crippen LogP contribution < -0.4 is 14.8 Å². The van der Waals surface area contributed by atoms with E-state index in [-0.39, 0.29) is 12.3 Å². The number of aromatic nitrogens is 4. The van der Waals surface area contributed by atoms with Gasteiger partial charge in [-0.25, -0.2) is 4.98 Å². The Bertz CT molecular complexity index is 1020. The van der Waals surface area contributed by atoms with Gasteiger partial charge in [-0.05, 0) is 30.4 Å². The summed E-state index contributed by atoms with van der Waals surface area (Å²) < 4.78 is 12.9. The van der Waals surface area contributed by atoms with E-state index in [9.17, 15) is 4.79 Å². The van der Waals surface area contributed by atoms with Crippen molar-refractivity contribution in [1.82, 2.24) is 25.1 Å². The summed E-state index contributed by atoms with van der Waals surface area (Å²) in [6, 6.07) is 5.63. The van der Waals surface area contributed by atoms with Crippen LogP contribution in [0.3, 0.4) is 0 Å². The van der Waals surface area contributed by atoms with Gasteiger partial charge in [0, 0.05) is 31.0 Å². The summed E-state index contributed by atoms with van der Waals surface area (Å²) in [7, 11) is 5.03. The van der Waals surface area contributed by atoms with Gasteiger partial charge >= 0.3 is 0 Å². The summed E-state index contributed by atoms with van der Waals surface area (Å²) in [4.78, 5) is 16.7. The van der Waals surface area contributed by atoms with Gasteiger partial charge < -0.3 is 19.4 Å². The standard InChI is InChI=1S/C18H21N5O3S2/c1-23-15(21-22-18(23)27)6-7-19-16(24)9-12-10-28-17(20-12)11-4-5-13(25-2)14(8-11)26-3/h4-5,8,10H,6-7,9H2,1-3H3,(H,19,24)(H,22,27). The van der Waals surface area contributed by atoms with E-state index in [0.29, 0.717) is 29.2 Å². The van der Waals surface area contributed by atoms with Crippen LogP contribution in [-0.4, -0.2) is 46.4 Å². The molecule has 0 bridgehead atoms. The van der Waals surface area contributed by atoms with Gasteiger partial charge in [0.05, 0.1) is 26.3 Å². The van der Waals surface area contributed by atoms with Crippen LogP contribution in [0.4, 0.5) is 0 Å². The molecule has 0 spiro atoms. The van der Waals surface area contributed by atoms with Crippen LogP contribution in [0.5, 0.6) is 11.5 Å². The molecule has 8 nitrogen and oxygen atoms in total. The van der Waals surface area contributed by atoms with Crippen molar-refractivity contribution in [3.63, 3.8) is 0 Å². The maximum absolute atomic E-state index is 12.2. The van der Waals surface area contributed by atoms with Gasteiger partial charge in [0.25, 0.3) is 0 Å². The first-order chi connectivity index (χ1) is 13.5. The molecule has 148 valence electrons. The van der Waals surface area contributed by atoms with Crippen molar-refractivity contribution in [2.75, 3.05) is 20.8 Å². The van der Waals surface area contributed by atoms with Crippen LogP contribution in [0.1, 0.15) is 11.5 Å². The third-order valence-electron chi connectivity index (χ3n) is 4.17. The van der Waals surface area contributed by atoms with E-state index in [2.05, 4.69) is 20.5 Å². The number of rotatable bonds is 8. The number of benzene rings is 1. The third-order valence-corrected chi connectivity index (χ3v) is 5.47. The molecule has 2 heterocycles. The number of H-pyrrole nitrogens is 1. The van der Waals surface area contributed by atoms with Crippen molar-refractivity contribution < 1.29 is 14.3 Å². The zero-order chi connectivity index (χ0) is 20.1. The molecule has 3 rings (SSSR count). The van der Waals surface area contributed by atoms with Crippen molar-refractivity contribution in [1.29, 1.82) is 0 Å². The Morgan fingerprint density at radius 1 is 1.32 bits per heavy atom. The summed E-state index contributed by atoms with van der Waals surface area (Å²) in [5.74, 6) is 2.02. The molecule has 1 aromatic carbocycles. The van der Waals surface area contributed by atoms with Crippen LogP contribution in [0.2, 0.25) is 0 Å². The normalized spacial score (nSPS) is 10.7. The van der Waals surface area contributed by atoms with E-state index >= 15 is 0 Å². The Labute approximate surface area is 171 Å². The predicted molar refractivity (Wildman–Crippen MR) is 109 cm³/mol. The number of nitrogens with zero attached hydrogens (tertiary/aromatic N) is 3. The lowest BCUT2D eigenvalue weighted by molar-refractivity contribution is -0.120. The maximum atomic E-state index is 12.2. The molecule has 10 heteroatoms. The lowest BCUT2D eigenvalue weighted by Crippen LogP contribution is -2.27. The van der Waals surface area contributed by atoms with Gasteiger partial charge in [-0.3, -0.25) is 9.89 Å². The molecule has 0 aliphatic rings. The Morgan fingerprint density at radius 3 is 2.79 bits per heavy atom. The van der Waals surface area contributed by atoms with Gasteiger partial charge in [-0.2, -0.15) is 5.10 Å². The van der Waals surface area contributed by atoms with Gasteiger partial charge in [-0.15, -0.1) is 11.3 Å². The SMILES string of the molecule is COc1ccc(-c2nc(CC(=O)NCCc3n[nH]c(=S)n3C)cs2)cc1OC. The zero-order valence-corrected chi connectivity index (χ0v) is 17.4. The van der Waals surface area contributed by atoms with Crippen LogP contribution in [0, 0.1) is 4.77 Å². The Morgan fingerprint density at radius 2 is 2.11 bits per heavy atom. The van der Waals surface area contributed by atoms with Crippen LogP contribution in [-0.2, 0) is 24.7 Å². The first kappa shape index (κ1) is 20.0. The Kier molecular flexibility index (Phi) is 6.42. The molecule has 1 amide bonds. The molecule has 0 aliphatic carbocycles. The van der Waals surface area contributed by atoms with E-state index in [4.69, 9.17) is 21.7 Å². The Balaban J connectivity index is 1.57. The third kappa shape index (κ3) is 4.57. The number of thiazole rings is 1. The number of nitrogens with one attached hydrogen (secondary N) is 2. The fourth-order valence-corrected chi connectivity index (χ4v) is 3.60. The van der Waals surface area contributed by atoms with Crippen molar-refractivity contribution in [3.05, 3.63) is 39.9 Å². The molecule has 2 N–H and O–H groups in total.